The van der Waals surface area contributed by atoms with Gasteiger partial charge in [0.2, 0.25) is 0 Å². The average Bonchev–Trinajstić information content (AvgIpc) is 2.54. The Balaban J connectivity index is 2.38. The molecule has 0 unspecified atom stereocenters. The van der Waals surface area contributed by atoms with Gasteiger partial charge in [0, 0.05) is 27.2 Å². The molecule has 0 saturated heterocycles. The van der Waals surface area contributed by atoms with E-state index in [1.165, 1.54) is 7.11 Å². The predicted molar refractivity (Wildman–Crippen MR) is 93.3 cm³/mol. The summed E-state index contributed by atoms with van der Waals surface area (Å²) in [6, 6.07) is 10.7. The number of carbonyl (C=O) groups is 1. The Kier molecular flexibility index (Phi) is 4.24. The maximum atomic E-state index is 11.9. The van der Waals surface area contributed by atoms with Gasteiger partial charge in [-0.25, -0.2) is 4.79 Å². The largest absolute Gasteiger partial charge is 0.465 e. The van der Waals surface area contributed by atoms with E-state index in [1.807, 2.05) is 13.0 Å². The Morgan fingerprint density at radius 2 is 1.83 bits per heavy atom. The van der Waals surface area contributed by atoms with Crippen LogP contribution < -0.4 is 0 Å². The Bertz CT molecular complexity index is 902. The Morgan fingerprint density at radius 1 is 1.13 bits per heavy atom. The molecule has 0 N–H and O–H groups in total. The molecule has 2 aromatic carbocycles. The lowest BCUT2D eigenvalue weighted by Crippen LogP contribution is -2.02. The molecule has 0 aliphatic heterocycles. The number of halogens is 2. The molecule has 5 heteroatoms. The summed E-state index contributed by atoms with van der Waals surface area (Å²) in [4.78, 5) is 16.3. The predicted octanol–water partition coefficient (Wildman–Crippen LogP) is 5.30. The fraction of sp³-hybridized carbons (Fsp3) is 0.111. The van der Waals surface area contributed by atoms with Crippen LogP contribution in [0.5, 0.6) is 0 Å². The van der Waals surface area contributed by atoms with E-state index in [-0.39, 0.29) is 0 Å². The Hall–Kier alpha value is -2.10. The third-order valence-corrected chi connectivity index (χ3v) is 4.32. The Labute approximate surface area is 143 Å². The molecule has 1 aromatic heterocycles. The van der Waals surface area contributed by atoms with Crippen LogP contribution in [0.1, 0.15) is 15.9 Å². The molecule has 0 saturated carbocycles. The second-order valence-electron chi connectivity index (χ2n) is 5.14. The van der Waals surface area contributed by atoms with Gasteiger partial charge in [-0.05, 0) is 48.4 Å². The van der Waals surface area contributed by atoms with Crippen LogP contribution in [-0.2, 0) is 4.74 Å². The van der Waals surface area contributed by atoms with Crippen molar-refractivity contribution in [2.24, 2.45) is 0 Å². The van der Waals surface area contributed by atoms with Crippen LogP contribution in [-0.4, -0.2) is 18.1 Å². The fourth-order valence-electron chi connectivity index (χ4n) is 2.64. The zero-order chi connectivity index (χ0) is 16.6. The number of aromatic nitrogens is 1. The number of benzene rings is 2. The molecular weight excluding hydrogens is 333 g/mol. The number of aryl methyl sites for hydroxylation is 1. The van der Waals surface area contributed by atoms with Gasteiger partial charge in [0.05, 0.1) is 18.2 Å². The zero-order valence-corrected chi connectivity index (χ0v) is 14.1. The van der Waals surface area contributed by atoms with Gasteiger partial charge in [-0.1, -0.05) is 29.3 Å². The summed E-state index contributed by atoms with van der Waals surface area (Å²) in [7, 11) is 1.36. The highest BCUT2D eigenvalue weighted by atomic mass is 35.5. The minimum Gasteiger partial charge on any atom is -0.465 e. The number of carbonyl (C=O) groups excluding carboxylic acids is 1. The maximum absolute atomic E-state index is 11.9. The summed E-state index contributed by atoms with van der Waals surface area (Å²) in [6.07, 6.45) is 1.71. The number of hydrogen-bond donors (Lipinski definition) is 0. The van der Waals surface area contributed by atoms with E-state index in [0.29, 0.717) is 15.6 Å². The van der Waals surface area contributed by atoms with E-state index in [9.17, 15) is 4.79 Å². The summed E-state index contributed by atoms with van der Waals surface area (Å²) >= 11 is 12.7. The lowest BCUT2D eigenvalue weighted by molar-refractivity contribution is 0.0601. The van der Waals surface area contributed by atoms with Crippen molar-refractivity contribution in [1.29, 1.82) is 0 Å². The van der Waals surface area contributed by atoms with Crippen molar-refractivity contribution in [2.45, 2.75) is 6.92 Å². The van der Waals surface area contributed by atoms with Gasteiger partial charge < -0.3 is 4.74 Å². The molecule has 0 aliphatic carbocycles. The molecule has 116 valence electrons. The van der Waals surface area contributed by atoms with Crippen molar-refractivity contribution in [3.05, 3.63) is 63.8 Å². The van der Waals surface area contributed by atoms with Crippen molar-refractivity contribution in [1.82, 2.24) is 4.98 Å². The third kappa shape index (κ3) is 2.78. The lowest BCUT2D eigenvalue weighted by Gasteiger charge is -2.12. The Morgan fingerprint density at radius 3 is 2.48 bits per heavy atom. The van der Waals surface area contributed by atoms with Gasteiger partial charge in [-0.15, -0.1) is 0 Å². The number of hydrogen-bond acceptors (Lipinski definition) is 3. The minimum absolute atomic E-state index is 0.393. The number of methoxy groups -OCH3 is 1. The second-order valence-corrected chi connectivity index (χ2v) is 5.95. The lowest BCUT2D eigenvalue weighted by atomic mass is 9.97. The molecule has 3 nitrogen and oxygen atoms in total. The molecule has 0 spiro atoms. The van der Waals surface area contributed by atoms with Crippen LogP contribution >= 0.6 is 23.2 Å². The molecule has 3 aromatic rings. The molecule has 0 amide bonds. The van der Waals surface area contributed by atoms with Crippen molar-refractivity contribution in [3.63, 3.8) is 0 Å². The van der Waals surface area contributed by atoms with Gasteiger partial charge in [-0.2, -0.15) is 0 Å². The van der Waals surface area contributed by atoms with Crippen LogP contribution in [0.4, 0.5) is 0 Å². The number of esters is 1. The highest BCUT2D eigenvalue weighted by Gasteiger charge is 2.15. The first-order valence-electron chi connectivity index (χ1n) is 6.95. The number of rotatable bonds is 2. The first-order chi connectivity index (χ1) is 11.0. The van der Waals surface area contributed by atoms with E-state index in [2.05, 4.69) is 4.98 Å². The molecule has 0 fully saturated rings. The van der Waals surface area contributed by atoms with Crippen LogP contribution in [0.2, 0.25) is 10.0 Å². The SMILES string of the molecule is COC(=O)c1cc(C)c2nccc(-c3c(Cl)cccc3Cl)c2c1. The number of pyridine rings is 1. The molecule has 1 heterocycles. The van der Waals surface area contributed by atoms with Crippen LogP contribution in [0, 0.1) is 6.92 Å². The van der Waals surface area contributed by atoms with Crippen molar-refractivity contribution in [3.8, 4) is 11.1 Å². The van der Waals surface area contributed by atoms with E-state index in [1.54, 1.807) is 36.5 Å². The molecule has 3 rings (SSSR count). The van der Waals surface area contributed by atoms with Gasteiger partial charge in [0.25, 0.3) is 0 Å². The first kappa shape index (κ1) is 15.8. The summed E-state index contributed by atoms with van der Waals surface area (Å²) in [5, 5.41) is 1.90. The zero-order valence-electron chi connectivity index (χ0n) is 12.6. The summed E-state index contributed by atoms with van der Waals surface area (Å²) in [5.74, 6) is -0.393. The van der Waals surface area contributed by atoms with Gasteiger partial charge in [-0.3, -0.25) is 4.98 Å². The van der Waals surface area contributed by atoms with Crippen LogP contribution in [0.15, 0.2) is 42.6 Å². The highest BCUT2D eigenvalue weighted by molar-refractivity contribution is 6.39. The molecular formula is C18H13Cl2NO2. The second kappa shape index (κ2) is 6.19. The van der Waals surface area contributed by atoms with Gasteiger partial charge >= 0.3 is 5.97 Å². The summed E-state index contributed by atoms with van der Waals surface area (Å²) in [5.41, 5.74) is 3.71. The number of nitrogens with zero attached hydrogens (tertiary/aromatic N) is 1. The van der Waals surface area contributed by atoms with E-state index in [0.717, 1.165) is 27.6 Å². The topological polar surface area (TPSA) is 39.2 Å². The quantitative estimate of drug-likeness (QED) is 0.591. The highest BCUT2D eigenvalue weighted by Crippen LogP contribution is 2.38. The molecule has 0 radical (unpaired) electrons. The molecule has 0 atom stereocenters. The molecule has 0 bridgehead atoms. The van der Waals surface area contributed by atoms with Crippen LogP contribution in [0.25, 0.3) is 22.0 Å². The normalized spacial score (nSPS) is 10.8. The third-order valence-electron chi connectivity index (χ3n) is 3.69. The maximum Gasteiger partial charge on any atom is 0.337 e. The van der Waals surface area contributed by atoms with Crippen LogP contribution in [0.3, 0.4) is 0 Å². The standard InChI is InChI=1S/C18H13Cl2NO2/c1-10-8-11(18(22)23-2)9-13-12(6-7-21-17(10)13)16-14(19)4-3-5-15(16)20/h3-9H,1-2H3. The van der Waals surface area contributed by atoms with Crippen molar-refractivity contribution >= 4 is 40.1 Å². The first-order valence-corrected chi connectivity index (χ1v) is 7.70. The van der Waals surface area contributed by atoms with Gasteiger partial charge in [0.15, 0.2) is 0 Å². The number of fused-ring (bicyclic) bond motifs is 1. The average molecular weight is 346 g/mol. The monoisotopic (exact) mass is 345 g/mol. The van der Waals surface area contributed by atoms with E-state index in [4.69, 9.17) is 27.9 Å². The molecule has 23 heavy (non-hydrogen) atoms. The van der Waals surface area contributed by atoms with E-state index >= 15 is 0 Å². The summed E-state index contributed by atoms with van der Waals surface area (Å²) < 4.78 is 4.82. The number of ether oxygens (including phenoxy) is 1. The van der Waals surface area contributed by atoms with Crippen molar-refractivity contribution in [2.75, 3.05) is 7.11 Å². The van der Waals surface area contributed by atoms with E-state index < -0.39 is 5.97 Å². The fourth-order valence-corrected chi connectivity index (χ4v) is 3.24. The minimum atomic E-state index is -0.393. The van der Waals surface area contributed by atoms with Crippen molar-refractivity contribution < 1.29 is 9.53 Å². The smallest absolute Gasteiger partial charge is 0.337 e. The summed E-state index contributed by atoms with van der Waals surface area (Å²) in [6.45, 7) is 1.90. The molecule has 0 aliphatic rings. The van der Waals surface area contributed by atoms with Gasteiger partial charge in [0.1, 0.15) is 0 Å².